The third-order valence-corrected chi connectivity index (χ3v) is 4.36. The maximum atomic E-state index is 12.3. The van der Waals surface area contributed by atoms with Crippen molar-refractivity contribution in [2.24, 2.45) is 0 Å². The fourth-order valence-electron chi connectivity index (χ4n) is 2.04. The summed E-state index contributed by atoms with van der Waals surface area (Å²) in [4.78, 5) is 14.3. The molecule has 1 aromatic heterocycles. The van der Waals surface area contributed by atoms with Gasteiger partial charge in [0, 0.05) is 0 Å². The summed E-state index contributed by atoms with van der Waals surface area (Å²) >= 11 is -0.532. The Kier molecular flexibility index (Phi) is 4.24. The topological polar surface area (TPSA) is 63.2 Å². The maximum absolute atomic E-state index is 12.3. The first-order valence-electron chi connectivity index (χ1n) is 6.56. The summed E-state index contributed by atoms with van der Waals surface area (Å²) in [6.07, 6.45) is 1.37. The Balaban J connectivity index is 1.90. The zero-order chi connectivity index (χ0) is 15.4. The van der Waals surface area contributed by atoms with Crippen molar-refractivity contribution in [1.29, 1.82) is 5.26 Å². The molecule has 3 rings (SSSR count). The van der Waals surface area contributed by atoms with Crippen LogP contribution in [0.3, 0.4) is 0 Å². The summed E-state index contributed by atoms with van der Waals surface area (Å²) in [6.45, 7) is 0.430. The van der Waals surface area contributed by atoms with E-state index in [2.05, 4.69) is 0 Å². The minimum atomic E-state index is -0.532. The van der Waals surface area contributed by atoms with E-state index in [1.54, 1.807) is 18.2 Å². The number of rotatable bonds is 4. The molecule has 0 aliphatic carbocycles. The van der Waals surface area contributed by atoms with Crippen molar-refractivity contribution in [1.82, 2.24) is 0 Å². The first-order chi connectivity index (χ1) is 10.8. The van der Waals surface area contributed by atoms with E-state index in [0.717, 1.165) is 5.56 Å². The van der Waals surface area contributed by atoms with E-state index in [9.17, 15) is 4.79 Å². The molecule has 0 radical (unpaired) electrons. The fraction of sp³-hybridized carbons (Fsp3) is 0.0588. The van der Waals surface area contributed by atoms with E-state index >= 15 is 0 Å². The molecule has 0 fully saturated rings. The molecule has 0 amide bonds. The summed E-state index contributed by atoms with van der Waals surface area (Å²) in [5, 5.41) is 9.20. The number of hydrogen-bond acceptors (Lipinski definition) is 4. The molecular weight excluding hydrogens is 345 g/mol. The van der Waals surface area contributed by atoms with E-state index in [-0.39, 0.29) is 5.43 Å². The second-order valence-electron chi connectivity index (χ2n) is 4.55. The van der Waals surface area contributed by atoms with Gasteiger partial charge in [-0.05, 0) is 0 Å². The van der Waals surface area contributed by atoms with Gasteiger partial charge in [-0.15, -0.1) is 0 Å². The molecule has 0 aliphatic heterocycles. The van der Waals surface area contributed by atoms with E-state index < -0.39 is 15.0 Å². The van der Waals surface area contributed by atoms with Crippen molar-refractivity contribution < 1.29 is 9.15 Å². The molecule has 3 aromatic rings. The third kappa shape index (κ3) is 3.04. The molecule has 0 atom stereocenters. The second kappa shape index (κ2) is 6.48. The van der Waals surface area contributed by atoms with E-state index in [1.807, 2.05) is 35.3 Å². The number of fused-ring (bicyclic) bond motifs is 1. The summed E-state index contributed by atoms with van der Waals surface area (Å²) in [5.74, 6) is 0.602. The van der Waals surface area contributed by atoms with Gasteiger partial charge in [0.25, 0.3) is 0 Å². The van der Waals surface area contributed by atoms with Crippen molar-refractivity contribution in [2.45, 2.75) is 6.61 Å². The van der Waals surface area contributed by atoms with Crippen molar-refractivity contribution in [2.75, 3.05) is 0 Å². The summed E-state index contributed by atoms with van der Waals surface area (Å²) < 4.78 is 11.5. The van der Waals surface area contributed by atoms with Gasteiger partial charge >= 0.3 is 133 Å². The van der Waals surface area contributed by atoms with Crippen LogP contribution in [0.15, 0.2) is 64.0 Å². The SMILES string of the molecule is N#C[Se]c1coc2ccc(OCc3ccccc3)cc2c1=O. The number of hydrogen-bond donors (Lipinski definition) is 0. The molecule has 108 valence electrons. The number of ether oxygens (including phenoxy) is 1. The van der Waals surface area contributed by atoms with Gasteiger partial charge in [-0.25, -0.2) is 0 Å². The van der Waals surface area contributed by atoms with Crippen molar-refractivity contribution >= 4 is 30.4 Å². The molecule has 22 heavy (non-hydrogen) atoms. The van der Waals surface area contributed by atoms with Gasteiger partial charge in [-0.2, -0.15) is 0 Å². The molecule has 0 aliphatic rings. The van der Waals surface area contributed by atoms with Gasteiger partial charge in [0.05, 0.1) is 0 Å². The number of nitrogens with zero attached hydrogens (tertiary/aromatic N) is 1. The van der Waals surface area contributed by atoms with Crippen LogP contribution in [0.25, 0.3) is 11.0 Å². The van der Waals surface area contributed by atoms with Crippen LogP contribution in [0.1, 0.15) is 5.56 Å². The van der Waals surface area contributed by atoms with Crippen LogP contribution in [0.2, 0.25) is 0 Å². The molecule has 4 nitrogen and oxygen atoms in total. The standard InChI is InChI=1S/C17H11NO3Se/c18-11-22-16-10-21-15-7-6-13(8-14(15)17(16)19)20-9-12-4-2-1-3-5-12/h1-8,10H,9H2. The predicted molar refractivity (Wildman–Crippen MR) is 84.3 cm³/mol. The molecule has 0 bridgehead atoms. The average molecular weight is 356 g/mol. The van der Waals surface area contributed by atoms with Gasteiger partial charge in [0.1, 0.15) is 0 Å². The van der Waals surface area contributed by atoms with Gasteiger partial charge in [-0.3, -0.25) is 0 Å². The monoisotopic (exact) mass is 357 g/mol. The van der Waals surface area contributed by atoms with Crippen LogP contribution in [-0.4, -0.2) is 15.0 Å². The van der Waals surface area contributed by atoms with Gasteiger partial charge < -0.3 is 0 Å². The van der Waals surface area contributed by atoms with E-state index in [0.29, 0.717) is 27.8 Å². The molecule has 5 heteroatoms. The Morgan fingerprint density at radius 1 is 1.18 bits per heavy atom. The molecule has 2 aromatic carbocycles. The van der Waals surface area contributed by atoms with Crippen LogP contribution < -0.4 is 14.6 Å². The Hall–Kier alpha value is -2.54. The van der Waals surface area contributed by atoms with Crippen LogP contribution in [-0.2, 0) is 6.61 Å². The molecule has 0 saturated carbocycles. The summed E-state index contributed by atoms with van der Waals surface area (Å²) in [5.41, 5.74) is 1.39. The number of benzene rings is 2. The van der Waals surface area contributed by atoms with Crippen molar-refractivity contribution in [3.05, 3.63) is 70.6 Å². The molecule has 0 saturated heterocycles. The van der Waals surface area contributed by atoms with E-state index in [4.69, 9.17) is 14.4 Å². The van der Waals surface area contributed by atoms with Crippen molar-refractivity contribution in [3.63, 3.8) is 0 Å². The zero-order valence-corrected chi connectivity index (χ0v) is 13.2. The summed E-state index contributed by atoms with van der Waals surface area (Å²) in [7, 11) is 0. The Bertz CT molecular complexity index is 897. The van der Waals surface area contributed by atoms with Crippen LogP contribution in [0.4, 0.5) is 0 Å². The Morgan fingerprint density at radius 3 is 2.77 bits per heavy atom. The zero-order valence-electron chi connectivity index (χ0n) is 11.5. The van der Waals surface area contributed by atoms with Crippen molar-refractivity contribution in [3.8, 4) is 10.7 Å². The molecule has 0 N–H and O–H groups in total. The molecule has 0 spiro atoms. The van der Waals surface area contributed by atoms with Gasteiger partial charge in [-0.1, -0.05) is 0 Å². The Labute approximate surface area is 133 Å². The van der Waals surface area contributed by atoms with Crippen LogP contribution in [0.5, 0.6) is 5.75 Å². The van der Waals surface area contributed by atoms with Crippen LogP contribution in [0, 0.1) is 10.2 Å². The average Bonchev–Trinajstić information content (AvgIpc) is 2.57. The second-order valence-corrected chi connectivity index (χ2v) is 6.29. The minimum absolute atomic E-state index is 0.159. The fourth-order valence-corrected chi connectivity index (χ4v) is 2.88. The molecular formula is C17H11NO3Se. The third-order valence-electron chi connectivity index (χ3n) is 3.12. The Morgan fingerprint density at radius 2 is 2.00 bits per heavy atom. The van der Waals surface area contributed by atoms with Gasteiger partial charge in [0.2, 0.25) is 0 Å². The molecule has 0 unspecified atom stereocenters. The first-order valence-corrected chi connectivity index (χ1v) is 8.27. The normalized spacial score (nSPS) is 10.3. The van der Waals surface area contributed by atoms with Crippen LogP contribution >= 0.6 is 0 Å². The number of nitriles is 1. The quantitative estimate of drug-likeness (QED) is 0.673. The summed E-state index contributed by atoms with van der Waals surface area (Å²) in [6, 6.07) is 14.9. The first kappa shape index (κ1) is 14.4. The van der Waals surface area contributed by atoms with E-state index in [1.165, 1.54) is 6.26 Å². The predicted octanol–water partition coefficient (Wildman–Crippen LogP) is 2.18. The molecule has 1 heterocycles. The van der Waals surface area contributed by atoms with Gasteiger partial charge in [0.15, 0.2) is 0 Å².